The third-order valence-corrected chi connectivity index (χ3v) is 3.62. The van der Waals surface area contributed by atoms with Gasteiger partial charge in [-0.25, -0.2) is 0 Å². The molecule has 2 rings (SSSR count). The smallest absolute Gasteiger partial charge is 0.216 e. The van der Waals surface area contributed by atoms with E-state index in [2.05, 4.69) is 0 Å². The highest BCUT2D eigenvalue weighted by Gasteiger charge is 2.15. The first-order valence-electron chi connectivity index (χ1n) is 4.98. The molecule has 70 valence electrons. The van der Waals surface area contributed by atoms with E-state index in [1.165, 1.54) is 60.8 Å². The van der Waals surface area contributed by atoms with Gasteiger partial charge in [0.25, 0.3) is 0 Å². The van der Waals surface area contributed by atoms with Gasteiger partial charge < -0.3 is 0 Å². The molecule has 2 heteroatoms. The van der Waals surface area contributed by atoms with Gasteiger partial charge in [-0.3, -0.25) is 4.79 Å². The van der Waals surface area contributed by atoms with Gasteiger partial charge in [-0.2, -0.15) is 0 Å². The minimum absolute atomic E-state index is 0.201. The molecular weight excluding hydrogens is 180 g/mol. The number of carbonyl (C=O) groups excluding carboxylic acids is 1. The fourth-order valence-corrected chi connectivity index (χ4v) is 2.75. The Bertz CT molecular complexity index is 266. The molecule has 0 bridgehead atoms. The fraction of sp³-hybridized carbons (Fsp3) is 0.545. The van der Waals surface area contributed by atoms with Gasteiger partial charge in [0, 0.05) is 4.91 Å². The summed E-state index contributed by atoms with van der Waals surface area (Å²) in [6, 6.07) is 0. The predicted octanol–water partition coefficient (Wildman–Crippen LogP) is 3.42. The van der Waals surface area contributed by atoms with Crippen molar-refractivity contribution in [3.63, 3.8) is 0 Å². The van der Waals surface area contributed by atoms with Crippen LogP contribution in [0.25, 0.3) is 0 Å². The minimum Gasteiger partial charge on any atom is -0.282 e. The molecule has 1 fully saturated rings. The molecule has 1 aliphatic carbocycles. The van der Waals surface area contributed by atoms with Gasteiger partial charge in [0.1, 0.15) is 0 Å². The van der Waals surface area contributed by atoms with Crippen molar-refractivity contribution in [2.45, 2.75) is 38.5 Å². The summed E-state index contributed by atoms with van der Waals surface area (Å²) in [4.78, 5) is 12.3. The quantitative estimate of drug-likeness (QED) is 0.550. The van der Waals surface area contributed by atoms with Crippen molar-refractivity contribution >= 4 is 16.9 Å². The molecule has 1 nitrogen and oxygen atoms in total. The van der Waals surface area contributed by atoms with Gasteiger partial charge >= 0.3 is 0 Å². The number of hydrogen-bond donors (Lipinski definition) is 0. The number of carbonyl (C=O) groups is 1. The van der Waals surface area contributed by atoms with Crippen molar-refractivity contribution in [1.29, 1.82) is 0 Å². The van der Waals surface area contributed by atoms with Crippen LogP contribution in [-0.4, -0.2) is 5.12 Å². The average molecular weight is 194 g/mol. The van der Waals surface area contributed by atoms with E-state index < -0.39 is 0 Å². The van der Waals surface area contributed by atoms with E-state index in [0.29, 0.717) is 0 Å². The minimum atomic E-state index is 0.201. The van der Waals surface area contributed by atoms with Gasteiger partial charge in [-0.1, -0.05) is 18.4 Å². The normalized spacial score (nSPS) is 23.8. The fourth-order valence-electron chi connectivity index (χ4n) is 1.91. The molecule has 0 aromatic carbocycles. The summed E-state index contributed by atoms with van der Waals surface area (Å²) in [5, 5.41) is 0.201. The largest absolute Gasteiger partial charge is 0.282 e. The summed E-state index contributed by atoms with van der Waals surface area (Å²) in [6.45, 7) is 0. The van der Waals surface area contributed by atoms with Crippen molar-refractivity contribution in [3.05, 3.63) is 22.6 Å². The van der Waals surface area contributed by atoms with Crippen LogP contribution in [0.4, 0.5) is 0 Å². The zero-order valence-corrected chi connectivity index (χ0v) is 8.53. The SMILES string of the molecule is O=C1C=CC(=C2CCCCCC2)S1. The summed E-state index contributed by atoms with van der Waals surface area (Å²) in [6.07, 6.45) is 11.4. The van der Waals surface area contributed by atoms with Crippen LogP contribution in [-0.2, 0) is 4.79 Å². The first kappa shape index (κ1) is 9.07. The lowest BCUT2D eigenvalue weighted by atomic mass is 10.1. The summed E-state index contributed by atoms with van der Waals surface area (Å²) >= 11 is 1.41. The highest BCUT2D eigenvalue weighted by Crippen LogP contribution is 2.34. The van der Waals surface area contributed by atoms with Crippen LogP contribution >= 0.6 is 11.8 Å². The van der Waals surface area contributed by atoms with Gasteiger partial charge in [0.15, 0.2) is 0 Å². The van der Waals surface area contributed by atoms with E-state index >= 15 is 0 Å². The second kappa shape index (κ2) is 4.14. The van der Waals surface area contributed by atoms with Crippen molar-refractivity contribution in [2.75, 3.05) is 0 Å². The van der Waals surface area contributed by atoms with Crippen LogP contribution in [0, 0.1) is 0 Å². The Morgan fingerprint density at radius 3 is 2.23 bits per heavy atom. The Morgan fingerprint density at radius 2 is 1.69 bits per heavy atom. The zero-order chi connectivity index (χ0) is 9.10. The summed E-state index contributed by atoms with van der Waals surface area (Å²) in [7, 11) is 0. The van der Waals surface area contributed by atoms with E-state index in [4.69, 9.17) is 0 Å². The maximum absolute atomic E-state index is 11.0. The van der Waals surface area contributed by atoms with Gasteiger partial charge in [-0.15, -0.1) is 0 Å². The maximum atomic E-state index is 11.0. The standard InChI is InChI=1S/C11H14OS/c12-11-8-7-10(13-11)9-5-3-1-2-4-6-9/h7-8H,1-6H2. The van der Waals surface area contributed by atoms with Gasteiger partial charge in [-0.05, 0) is 49.6 Å². The molecular formula is C11H14OS. The van der Waals surface area contributed by atoms with Crippen molar-refractivity contribution in [1.82, 2.24) is 0 Å². The Kier molecular flexibility index (Phi) is 2.89. The van der Waals surface area contributed by atoms with E-state index in [1.807, 2.05) is 6.08 Å². The van der Waals surface area contributed by atoms with Crippen LogP contribution < -0.4 is 0 Å². The lowest BCUT2D eigenvalue weighted by molar-refractivity contribution is -0.106. The second-order valence-corrected chi connectivity index (χ2v) is 4.68. The third-order valence-electron chi connectivity index (χ3n) is 2.64. The Balaban J connectivity index is 2.12. The number of hydrogen-bond acceptors (Lipinski definition) is 2. The third kappa shape index (κ3) is 2.25. The molecule has 0 atom stereocenters. The first-order valence-corrected chi connectivity index (χ1v) is 5.80. The van der Waals surface area contributed by atoms with Crippen LogP contribution in [0.2, 0.25) is 0 Å². The molecule has 0 aromatic heterocycles. The molecule has 0 unspecified atom stereocenters. The van der Waals surface area contributed by atoms with Gasteiger partial charge in [0.05, 0.1) is 0 Å². The summed E-state index contributed by atoms with van der Waals surface area (Å²) in [5.41, 5.74) is 1.52. The Labute approximate surface area is 83.3 Å². The van der Waals surface area contributed by atoms with E-state index in [0.717, 1.165) is 0 Å². The lowest BCUT2D eigenvalue weighted by Crippen LogP contribution is -1.84. The highest BCUT2D eigenvalue weighted by molar-refractivity contribution is 8.17. The number of allylic oxidation sites excluding steroid dienone is 2. The van der Waals surface area contributed by atoms with Crippen LogP contribution in [0.1, 0.15) is 38.5 Å². The van der Waals surface area contributed by atoms with E-state index in [-0.39, 0.29) is 5.12 Å². The predicted molar refractivity (Wildman–Crippen MR) is 56.5 cm³/mol. The zero-order valence-electron chi connectivity index (χ0n) is 7.71. The molecule has 13 heavy (non-hydrogen) atoms. The van der Waals surface area contributed by atoms with Crippen LogP contribution in [0.5, 0.6) is 0 Å². The molecule has 0 spiro atoms. The van der Waals surface area contributed by atoms with Crippen molar-refractivity contribution in [2.24, 2.45) is 0 Å². The van der Waals surface area contributed by atoms with Crippen molar-refractivity contribution < 1.29 is 4.79 Å². The van der Waals surface area contributed by atoms with E-state index in [9.17, 15) is 4.79 Å². The van der Waals surface area contributed by atoms with Crippen molar-refractivity contribution in [3.8, 4) is 0 Å². The highest BCUT2D eigenvalue weighted by atomic mass is 32.2. The van der Waals surface area contributed by atoms with Crippen LogP contribution in [0.3, 0.4) is 0 Å². The molecule has 0 aromatic rings. The molecule has 1 heterocycles. The molecule has 1 aliphatic heterocycles. The number of thioether (sulfide) groups is 1. The lowest BCUT2D eigenvalue weighted by Gasteiger charge is -2.04. The molecule has 2 aliphatic rings. The Hall–Kier alpha value is -0.500. The molecule has 1 saturated carbocycles. The van der Waals surface area contributed by atoms with E-state index in [1.54, 1.807) is 6.08 Å². The monoisotopic (exact) mass is 194 g/mol. The van der Waals surface area contributed by atoms with Crippen LogP contribution in [0.15, 0.2) is 22.6 Å². The molecule has 0 saturated heterocycles. The molecule has 0 amide bonds. The maximum Gasteiger partial charge on any atom is 0.216 e. The topological polar surface area (TPSA) is 17.1 Å². The Morgan fingerprint density at radius 1 is 1.00 bits per heavy atom. The molecule has 0 radical (unpaired) electrons. The molecule has 0 N–H and O–H groups in total. The van der Waals surface area contributed by atoms with Gasteiger partial charge in [0.2, 0.25) is 5.12 Å². The average Bonchev–Trinajstić information content (AvgIpc) is 2.43. The second-order valence-electron chi connectivity index (χ2n) is 3.64. The number of rotatable bonds is 0. The summed E-state index contributed by atoms with van der Waals surface area (Å²) in [5.74, 6) is 0. The summed E-state index contributed by atoms with van der Waals surface area (Å²) < 4.78 is 0. The first-order chi connectivity index (χ1) is 6.36.